The summed E-state index contributed by atoms with van der Waals surface area (Å²) >= 11 is 0. The number of nitrogens with zero attached hydrogens (tertiary/aromatic N) is 2. The molecular weight excluding hydrogens is 198 g/mol. The van der Waals surface area contributed by atoms with Gasteiger partial charge in [0.15, 0.2) is 0 Å². The normalized spacial score (nSPS) is 17.8. The fourth-order valence-electron chi connectivity index (χ4n) is 2.64. The fourth-order valence-corrected chi connectivity index (χ4v) is 2.64. The first-order chi connectivity index (χ1) is 7.92. The third kappa shape index (κ3) is 2.85. The summed E-state index contributed by atoms with van der Waals surface area (Å²) in [7, 11) is 2.01. The molecule has 0 aliphatic heterocycles. The maximum absolute atomic E-state index is 4.51. The van der Waals surface area contributed by atoms with Crippen LogP contribution in [-0.2, 0) is 6.42 Å². The Balaban J connectivity index is 1.94. The number of nitrogens with one attached hydrogen (secondary N) is 1. The molecule has 0 atom stereocenters. The van der Waals surface area contributed by atoms with Gasteiger partial charge in [0, 0.05) is 11.9 Å². The van der Waals surface area contributed by atoms with Gasteiger partial charge in [-0.3, -0.25) is 4.68 Å². The second-order valence-corrected chi connectivity index (χ2v) is 4.77. The van der Waals surface area contributed by atoms with Crippen LogP contribution in [0, 0.1) is 0 Å². The largest absolute Gasteiger partial charge is 0.320 e. The van der Waals surface area contributed by atoms with Crippen LogP contribution in [0.3, 0.4) is 0 Å². The Bertz CT molecular complexity index is 300. The second kappa shape index (κ2) is 6.04. The minimum atomic E-state index is 0.674. The van der Waals surface area contributed by atoms with E-state index in [9.17, 15) is 0 Å². The molecular formula is C13H23N3. The maximum atomic E-state index is 4.51. The lowest BCUT2D eigenvalue weighted by Gasteiger charge is -2.24. The van der Waals surface area contributed by atoms with E-state index in [2.05, 4.69) is 21.2 Å². The van der Waals surface area contributed by atoms with E-state index in [1.54, 1.807) is 0 Å². The molecule has 16 heavy (non-hydrogen) atoms. The monoisotopic (exact) mass is 221 g/mol. The van der Waals surface area contributed by atoms with Gasteiger partial charge in [-0.15, -0.1) is 0 Å². The van der Waals surface area contributed by atoms with Crippen LogP contribution in [0.5, 0.6) is 0 Å². The van der Waals surface area contributed by atoms with E-state index in [-0.39, 0.29) is 0 Å². The van der Waals surface area contributed by atoms with Crippen LogP contribution in [0.25, 0.3) is 0 Å². The van der Waals surface area contributed by atoms with Gasteiger partial charge in [0.2, 0.25) is 0 Å². The van der Waals surface area contributed by atoms with Crippen LogP contribution in [-0.4, -0.2) is 23.4 Å². The fraction of sp³-hybridized carbons (Fsp3) is 0.769. The molecule has 90 valence electrons. The van der Waals surface area contributed by atoms with Gasteiger partial charge in [0.25, 0.3) is 0 Å². The highest BCUT2D eigenvalue weighted by Gasteiger charge is 2.17. The van der Waals surface area contributed by atoms with Crippen LogP contribution >= 0.6 is 0 Å². The van der Waals surface area contributed by atoms with E-state index in [4.69, 9.17) is 0 Å². The van der Waals surface area contributed by atoms with E-state index < -0.39 is 0 Å². The van der Waals surface area contributed by atoms with E-state index in [1.165, 1.54) is 44.2 Å². The lowest BCUT2D eigenvalue weighted by atomic mass is 9.95. The van der Waals surface area contributed by atoms with Crippen LogP contribution in [0.1, 0.15) is 50.3 Å². The number of aromatic nitrogens is 2. The van der Waals surface area contributed by atoms with Gasteiger partial charge in [-0.1, -0.05) is 19.3 Å². The molecule has 0 bridgehead atoms. The highest BCUT2D eigenvalue weighted by Crippen LogP contribution is 2.28. The SMILES string of the molecule is CNCCCc1ccnn1C1CCCCC1. The molecule has 1 N–H and O–H groups in total. The topological polar surface area (TPSA) is 29.9 Å². The molecule has 1 aliphatic rings. The Morgan fingerprint density at radius 2 is 2.19 bits per heavy atom. The summed E-state index contributed by atoms with van der Waals surface area (Å²) in [6, 6.07) is 2.86. The van der Waals surface area contributed by atoms with Crippen molar-refractivity contribution >= 4 is 0 Å². The van der Waals surface area contributed by atoms with Crippen LogP contribution in [0.2, 0.25) is 0 Å². The van der Waals surface area contributed by atoms with Gasteiger partial charge in [-0.2, -0.15) is 5.10 Å². The third-order valence-corrected chi connectivity index (χ3v) is 3.53. The van der Waals surface area contributed by atoms with Crippen molar-refractivity contribution in [3.63, 3.8) is 0 Å². The summed E-state index contributed by atoms with van der Waals surface area (Å²) in [6.07, 6.45) is 11.1. The first kappa shape index (κ1) is 11.6. The molecule has 0 radical (unpaired) electrons. The third-order valence-electron chi connectivity index (χ3n) is 3.53. The van der Waals surface area contributed by atoms with Gasteiger partial charge in [0.1, 0.15) is 0 Å². The van der Waals surface area contributed by atoms with Crippen molar-refractivity contribution in [1.82, 2.24) is 15.1 Å². The molecule has 1 saturated carbocycles. The van der Waals surface area contributed by atoms with E-state index in [0.29, 0.717) is 6.04 Å². The molecule has 3 nitrogen and oxygen atoms in total. The molecule has 1 fully saturated rings. The summed E-state index contributed by atoms with van der Waals surface area (Å²) in [5.74, 6) is 0. The molecule has 0 saturated heterocycles. The average molecular weight is 221 g/mol. The molecule has 0 spiro atoms. The van der Waals surface area contributed by atoms with Crippen LogP contribution in [0.4, 0.5) is 0 Å². The van der Waals surface area contributed by atoms with Gasteiger partial charge in [-0.25, -0.2) is 0 Å². The maximum Gasteiger partial charge on any atom is 0.0522 e. The first-order valence-electron chi connectivity index (χ1n) is 6.59. The van der Waals surface area contributed by atoms with Crippen LogP contribution < -0.4 is 5.32 Å². The van der Waals surface area contributed by atoms with Gasteiger partial charge in [0.05, 0.1) is 6.04 Å². The number of aryl methyl sites for hydroxylation is 1. The van der Waals surface area contributed by atoms with Crippen molar-refractivity contribution in [1.29, 1.82) is 0 Å². The smallest absolute Gasteiger partial charge is 0.0522 e. The quantitative estimate of drug-likeness (QED) is 0.774. The Hall–Kier alpha value is -0.830. The highest BCUT2D eigenvalue weighted by molar-refractivity contribution is 5.02. The average Bonchev–Trinajstić information content (AvgIpc) is 2.79. The summed E-state index contributed by atoms with van der Waals surface area (Å²) in [5, 5.41) is 7.71. The van der Waals surface area contributed by atoms with E-state index in [1.807, 2.05) is 13.2 Å². The molecule has 1 aliphatic carbocycles. The lowest BCUT2D eigenvalue weighted by molar-refractivity contribution is 0.321. The summed E-state index contributed by atoms with van der Waals surface area (Å²) in [4.78, 5) is 0. The first-order valence-corrected chi connectivity index (χ1v) is 6.59. The minimum Gasteiger partial charge on any atom is -0.320 e. The zero-order valence-corrected chi connectivity index (χ0v) is 10.3. The number of rotatable bonds is 5. The zero-order valence-electron chi connectivity index (χ0n) is 10.3. The van der Waals surface area contributed by atoms with Crippen molar-refractivity contribution < 1.29 is 0 Å². The van der Waals surface area contributed by atoms with Crippen molar-refractivity contribution in [2.75, 3.05) is 13.6 Å². The molecule has 1 aromatic heterocycles. The summed E-state index contributed by atoms with van der Waals surface area (Å²) in [5.41, 5.74) is 1.42. The summed E-state index contributed by atoms with van der Waals surface area (Å²) < 4.78 is 2.29. The molecule has 0 aromatic carbocycles. The standard InChI is InChI=1S/C13H23N3/c1-14-10-5-8-13-9-11-15-16(13)12-6-3-2-4-7-12/h9,11-12,14H,2-8,10H2,1H3. The molecule has 0 unspecified atom stereocenters. The minimum absolute atomic E-state index is 0.674. The Labute approximate surface area is 98.2 Å². The lowest BCUT2D eigenvalue weighted by Crippen LogP contribution is -2.17. The van der Waals surface area contributed by atoms with Crippen molar-refractivity contribution in [3.8, 4) is 0 Å². The predicted molar refractivity (Wildman–Crippen MR) is 66.6 cm³/mol. The molecule has 1 aromatic rings. The van der Waals surface area contributed by atoms with Gasteiger partial charge in [-0.05, 0) is 45.3 Å². The molecule has 3 heteroatoms. The van der Waals surface area contributed by atoms with E-state index in [0.717, 1.165) is 13.0 Å². The highest BCUT2D eigenvalue weighted by atomic mass is 15.3. The van der Waals surface area contributed by atoms with Crippen molar-refractivity contribution in [3.05, 3.63) is 18.0 Å². The Kier molecular flexibility index (Phi) is 4.40. The predicted octanol–water partition coefficient (Wildman–Crippen LogP) is 2.54. The summed E-state index contributed by atoms with van der Waals surface area (Å²) in [6.45, 7) is 1.09. The van der Waals surface area contributed by atoms with Gasteiger partial charge < -0.3 is 5.32 Å². The Morgan fingerprint density at radius 3 is 2.94 bits per heavy atom. The zero-order chi connectivity index (χ0) is 11.2. The van der Waals surface area contributed by atoms with Crippen molar-refractivity contribution in [2.45, 2.75) is 51.0 Å². The van der Waals surface area contributed by atoms with Crippen LogP contribution in [0.15, 0.2) is 12.3 Å². The van der Waals surface area contributed by atoms with Gasteiger partial charge >= 0.3 is 0 Å². The van der Waals surface area contributed by atoms with E-state index >= 15 is 0 Å². The second-order valence-electron chi connectivity index (χ2n) is 4.77. The molecule has 0 amide bonds. The molecule has 2 rings (SSSR count). The number of hydrogen-bond acceptors (Lipinski definition) is 2. The number of hydrogen-bond donors (Lipinski definition) is 1. The molecule has 1 heterocycles. The van der Waals surface area contributed by atoms with Crippen molar-refractivity contribution in [2.24, 2.45) is 0 Å². The Morgan fingerprint density at radius 1 is 1.38 bits per heavy atom.